The van der Waals surface area contributed by atoms with Gasteiger partial charge in [-0.2, -0.15) is 0 Å². The molecule has 0 spiro atoms. The quantitative estimate of drug-likeness (QED) is 0.278. The number of rotatable bonds is 6. The molecule has 1 aromatic carbocycles. The topological polar surface area (TPSA) is 75.9 Å². The maximum absolute atomic E-state index is 11.6. The average molecular weight is 466 g/mol. The van der Waals surface area contributed by atoms with E-state index in [1.54, 1.807) is 23.5 Å². The number of hydrogen-bond donors (Lipinski definition) is 0. The second-order valence-electron chi connectivity index (χ2n) is 6.33. The lowest BCUT2D eigenvalue weighted by atomic mass is 10.1. The van der Waals surface area contributed by atoms with Gasteiger partial charge in [0.1, 0.15) is 5.69 Å². The summed E-state index contributed by atoms with van der Waals surface area (Å²) in [5.74, 6) is -0.499. The Morgan fingerprint density at radius 1 is 1.29 bits per heavy atom. The van der Waals surface area contributed by atoms with E-state index in [2.05, 4.69) is 37.7 Å². The molecule has 0 aliphatic carbocycles. The fourth-order valence-corrected chi connectivity index (χ4v) is 4.62. The summed E-state index contributed by atoms with van der Waals surface area (Å²) in [6, 6.07) is 9.19. The minimum atomic E-state index is -0.499. The third kappa shape index (κ3) is 5.18. The van der Waals surface area contributed by atoms with E-state index in [9.17, 15) is 14.9 Å². The van der Waals surface area contributed by atoms with E-state index in [0.29, 0.717) is 11.3 Å². The molecule has 9 heteroatoms. The van der Waals surface area contributed by atoms with Crippen LogP contribution in [0.25, 0.3) is 6.08 Å². The summed E-state index contributed by atoms with van der Waals surface area (Å²) < 4.78 is 5.67. The molecular formula is C19H20BrN3O4S. The van der Waals surface area contributed by atoms with Crippen molar-refractivity contribution >= 4 is 50.7 Å². The lowest BCUT2D eigenvalue weighted by Gasteiger charge is -2.35. The number of thiophene rings is 1. The molecule has 1 aliphatic heterocycles. The van der Waals surface area contributed by atoms with Crippen LogP contribution in [0.2, 0.25) is 0 Å². The molecule has 2 heterocycles. The summed E-state index contributed by atoms with van der Waals surface area (Å²) in [6.45, 7) is 4.03. The standard InChI is InChI=1S/C19H20BrN3O4S/c1-27-19(24)7-3-14-2-5-16(17(12-14)23(25)26)22-10-8-21(9-11-22)13-15-4-6-18(20)28-15/h2-7,12H,8-11,13H2,1H3/b7-3+. The summed E-state index contributed by atoms with van der Waals surface area (Å²) in [4.78, 5) is 28.1. The van der Waals surface area contributed by atoms with Crippen LogP contribution in [0.3, 0.4) is 0 Å². The summed E-state index contributed by atoms with van der Waals surface area (Å²) in [5, 5.41) is 11.6. The van der Waals surface area contributed by atoms with Gasteiger partial charge < -0.3 is 9.64 Å². The number of nitro benzene ring substituents is 1. The van der Waals surface area contributed by atoms with Crippen molar-refractivity contribution in [2.45, 2.75) is 6.54 Å². The van der Waals surface area contributed by atoms with Crippen LogP contribution in [0.15, 0.2) is 40.2 Å². The van der Waals surface area contributed by atoms with E-state index in [1.165, 1.54) is 30.2 Å². The zero-order valence-corrected chi connectivity index (χ0v) is 17.7. The number of piperazine rings is 1. The van der Waals surface area contributed by atoms with Crippen LogP contribution in [0.1, 0.15) is 10.4 Å². The monoisotopic (exact) mass is 465 g/mol. The fraction of sp³-hybridized carbons (Fsp3) is 0.316. The maximum atomic E-state index is 11.6. The van der Waals surface area contributed by atoms with Gasteiger partial charge in [0.25, 0.3) is 5.69 Å². The predicted octanol–water partition coefficient (Wildman–Crippen LogP) is 3.93. The Bertz CT molecular complexity index is 891. The summed E-state index contributed by atoms with van der Waals surface area (Å²) >= 11 is 5.21. The van der Waals surface area contributed by atoms with E-state index < -0.39 is 5.97 Å². The molecule has 0 N–H and O–H groups in total. The van der Waals surface area contributed by atoms with Crippen molar-refractivity contribution in [3.63, 3.8) is 0 Å². The van der Waals surface area contributed by atoms with Gasteiger partial charge in [0.15, 0.2) is 0 Å². The third-order valence-corrected chi connectivity index (χ3v) is 6.14. The molecule has 0 unspecified atom stereocenters. The van der Waals surface area contributed by atoms with Gasteiger partial charge in [-0.25, -0.2) is 4.79 Å². The predicted molar refractivity (Wildman–Crippen MR) is 114 cm³/mol. The molecule has 3 rings (SSSR count). The number of carbonyl (C=O) groups excluding carboxylic acids is 1. The number of carbonyl (C=O) groups is 1. The second kappa shape index (κ2) is 9.31. The third-order valence-electron chi connectivity index (χ3n) is 4.53. The van der Waals surface area contributed by atoms with E-state index in [4.69, 9.17) is 0 Å². The average Bonchev–Trinajstić information content (AvgIpc) is 3.11. The van der Waals surface area contributed by atoms with Gasteiger partial charge in [0.2, 0.25) is 0 Å². The van der Waals surface area contributed by atoms with Gasteiger partial charge in [-0.05, 0) is 45.8 Å². The van der Waals surface area contributed by atoms with E-state index in [1.807, 2.05) is 4.90 Å². The molecule has 0 bridgehead atoms. The zero-order valence-electron chi connectivity index (χ0n) is 15.3. The number of hydrogen-bond acceptors (Lipinski definition) is 7. The van der Waals surface area contributed by atoms with E-state index in [0.717, 1.165) is 36.5 Å². The van der Waals surface area contributed by atoms with Crippen LogP contribution in [0.4, 0.5) is 11.4 Å². The van der Waals surface area contributed by atoms with Crippen molar-refractivity contribution in [2.24, 2.45) is 0 Å². The Hall–Kier alpha value is -2.23. The molecule has 0 radical (unpaired) electrons. The highest BCUT2D eigenvalue weighted by Crippen LogP contribution is 2.31. The smallest absolute Gasteiger partial charge is 0.330 e. The van der Waals surface area contributed by atoms with Crippen LogP contribution in [-0.2, 0) is 16.1 Å². The molecule has 1 fully saturated rings. The summed E-state index contributed by atoms with van der Waals surface area (Å²) in [7, 11) is 1.29. The largest absolute Gasteiger partial charge is 0.466 e. The van der Waals surface area contributed by atoms with Crippen LogP contribution in [0.5, 0.6) is 0 Å². The van der Waals surface area contributed by atoms with Crippen molar-refractivity contribution < 1.29 is 14.5 Å². The van der Waals surface area contributed by atoms with Gasteiger partial charge in [-0.15, -0.1) is 11.3 Å². The number of benzene rings is 1. The Kier molecular flexibility index (Phi) is 6.82. The van der Waals surface area contributed by atoms with Crippen molar-refractivity contribution in [2.75, 3.05) is 38.2 Å². The molecule has 28 heavy (non-hydrogen) atoms. The SMILES string of the molecule is COC(=O)/C=C/c1ccc(N2CCN(Cc3ccc(Br)s3)CC2)c([N+](=O)[O-])c1. The molecule has 1 saturated heterocycles. The number of methoxy groups -OCH3 is 1. The summed E-state index contributed by atoms with van der Waals surface area (Å²) in [6.07, 6.45) is 2.76. The number of esters is 1. The first kappa shape index (κ1) is 20.5. The van der Waals surface area contributed by atoms with Gasteiger partial charge in [-0.1, -0.05) is 6.07 Å². The molecule has 0 saturated carbocycles. The Labute approximate surface area is 175 Å². The molecule has 148 valence electrons. The Balaban J connectivity index is 1.68. The first-order valence-electron chi connectivity index (χ1n) is 8.72. The lowest BCUT2D eigenvalue weighted by Crippen LogP contribution is -2.46. The van der Waals surface area contributed by atoms with Crippen molar-refractivity contribution in [3.05, 3.63) is 60.7 Å². The van der Waals surface area contributed by atoms with E-state index >= 15 is 0 Å². The van der Waals surface area contributed by atoms with Crippen molar-refractivity contribution in [1.29, 1.82) is 0 Å². The number of ether oxygens (including phenoxy) is 1. The number of halogens is 1. The molecule has 2 aromatic rings. The van der Waals surface area contributed by atoms with Crippen molar-refractivity contribution in [3.8, 4) is 0 Å². The van der Waals surface area contributed by atoms with Gasteiger partial charge in [0, 0.05) is 49.7 Å². The number of nitro groups is 1. The van der Waals surface area contributed by atoms with Gasteiger partial charge in [-0.3, -0.25) is 15.0 Å². The van der Waals surface area contributed by atoms with E-state index in [-0.39, 0.29) is 10.6 Å². The zero-order chi connectivity index (χ0) is 20.1. The second-order valence-corrected chi connectivity index (χ2v) is 8.88. The highest BCUT2D eigenvalue weighted by molar-refractivity contribution is 9.11. The fourth-order valence-electron chi connectivity index (χ4n) is 3.09. The minimum absolute atomic E-state index is 0.0441. The number of anilines is 1. The molecule has 7 nitrogen and oxygen atoms in total. The minimum Gasteiger partial charge on any atom is -0.466 e. The van der Waals surface area contributed by atoms with Gasteiger partial charge in [0.05, 0.1) is 15.8 Å². The first-order valence-corrected chi connectivity index (χ1v) is 10.3. The summed E-state index contributed by atoms with van der Waals surface area (Å²) in [5.41, 5.74) is 1.24. The highest BCUT2D eigenvalue weighted by atomic mass is 79.9. The van der Waals surface area contributed by atoms with Crippen LogP contribution in [-0.4, -0.2) is 49.1 Å². The molecule has 0 atom stereocenters. The van der Waals surface area contributed by atoms with Gasteiger partial charge >= 0.3 is 5.97 Å². The maximum Gasteiger partial charge on any atom is 0.330 e. The normalized spacial score (nSPS) is 15.1. The molecule has 1 aromatic heterocycles. The molecule has 1 aliphatic rings. The first-order chi connectivity index (χ1) is 13.5. The van der Waals surface area contributed by atoms with Crippen molar-refractivity contribution in [1.82, 2.24) is 4.90 Å². The molecule has 0 amide bonds. The van der Waals surface area contributed by atoms with Crippen LogP contribution in [0, 0.1) is 10.1 Å². The highest BCUT2D eigenvalue weighted by Gasteiger charge is 2.24. The lowest BCUT2D eigenvalue weighted by molar-refractivity contribution is -0.384. The van der Waals surface area contributed by atoms with Crippen LogP contribution < -0.4 is 4.90 Å². The molecular weight excluding hydrogens is 446 g/mol. The number of nitrogens with zero attached hydrogens (tertiary/aromatic N) is 3. The van der Waals surface area contributed by atoms with Crippen LogP contribution >= 0.6 is 27.3 Å². The Morgan fingerprint density at radius 3 is 2.64 bits per heavy atom. The Morgan fingerprint density at radius 2 is 2.04 bits per heavy atom.